The number of nitrogens with one attached hydrogen (secondary N) is 1. The highest BCUT2D eigenvalue weighted by atomic mass is 19.1. The molecule has 0 bridgehead atoms. The minimum Gasteiger partial charge on any atom is -0.341 e. The van der Waals surface area contributed by atoms with Crippen LogP contribution in [-0.2, 0) is 16.0 Å². The number of carbonyl (C=O) groups is 3. The van der Waals surface area contributed by atoms with E-state index < -0.39 is 0 Å². The van der Waals surface area contributed by atoms with Gasteiger partial charge < -0.3 is 14.7 Å². The maximum atomic E-state index is 14.1. The number of likely N-dealkylation sites (N-methyl/N-ethyl adjacent to an activating group) is 2. The summed E-state index contributed by atoms with van der Waals surface area (Å²) in [5.41, 5.74) is 3.92. The van der Waals surface area contributed by atoms with E-state index in [4.69, 9.17) is 0 Å². The molecule has 3 aromatic rings. The SMILES string of the molecule is CC(=O)N(C)[C@@H](C)[C@H]1CC[C@@H](c2cccc(F)c2)N1C(=O)CN(C)C(=O)c1ccc(Cc2cc(C)n[nH]c2=O)c(C)c1. The van der Waals surface area contributed by atoms with Gasteiger partial charge in [-0.15, -0.1) is 0 Å². The van der Waals surface area contributed by atoms with E-state index in [2.05, 4.69) is 10.2 Å². The number of rotatable bonds is 8. The zero-order valence-electron chi connectivity index (χ0n) is 25.0. The Morgan fingerprint density at radius 2 is 1.81 bits per heavy atom. The predicted octanol–water partition coefficient (Wildman–Crippen LogP) is 3.79. The summed E-state index contributed by atoms with van der Waals surface area (Å²) in [5, 5.41) is 6.41. The number of aromatic amines is 1. The maximum absolute atomic E-state index is 14.1. The van der Waals surface area contributed by atoms with Gasteiger partial charge in [0.15, 0.2) is 0 Å². The lowest BCUT2D eigenvalue weighted by Gasteiger charge is -2.38. The van der Waals surface area contributed by atoms with E-state index >= 15 is 0 Å². The number of nitrogens with zero attached hydrogens (tertiary/aromatic N) is 4. The fraction of sp³-hybridized carbons (Fsp3) is 0.406. The van der Waals surface area contributed by atoms with Crippen LogP contribution >= 0.6 is 0 Å². The molecule has 42 heavy (non-hydrogen) atoms. The first-order valence-corrected chi connectivity index (χ1v) is 14.1. The molecule has 0 saturated carbocycles. The van der Waals surface area contributed by atoms with Crippen LogP contribution in [0.2, 0.25) is 0 Å². The van der Waals surface area contributed by atoms with Crippen LogP contribution in [0.25, 0.3) is 0 Å². The lowest BCUT2D eigenvalue weighted by atomic mass is 9.98. The average molecular weight is 576 g/mol. The van der Waals surface area contributed by atoms with Gasteiger partial charge in [0.2, 0.25) is 11.8 Å². The Hall–Kier alpha value is -4.34. The number of benzene rings is 2. The molecule has 10 heteroatoms. The summed E-state index contributed by atoms with van der Waals surface area (Å²) < 4.78 is 14.1. The van der Waals surface area contributed by atoms with Crippen LogP contribution < -0.4 is 5.56 Å². The van der Waals surface area contributed by atoms with E-state index in [1.165, 1.54) is 24.0 Å². The summed E-state index contributed by atoms with van der Waals surface area (Å²) in [5.74, 6) is -1.08. The lowest BCUT2D eigenvalue weighted by molar-refractivity contribution is -0.139. The fourth-order valence-corrected chi connectivity index (χ4v) is 5.76. The number of aryl methyl sites for hydroxylation is 2. The molecule has 3 atom stereocenters. The van der Waals surface area contributed by atoms with Gasteiger partial charge in [-0.05, 0) is 80.6 Å². The third kappa shape index (κ3) is 6.58. The van der Waals surface area contributed by atoms with Gasteiger partial charge in [0.25, 0.3) is 11.5 Å². The number of carbonyl (C=O) groups excluding carboxylic acids is 3. The van der Waals surface area contributed by atoms with Crippen molar-refractivity contribution < 1.29 is 18.8 Å². The third-order valence-electron chi connectivity index (χ3n) is 8.31. The third-order valence-corrected chi connectivity index (χ3v) is 8.31. The van der Waals surface area contributed by atoms with Crippen molar-refractivity contribution in [2.24, 2.45) is 0 Å². The van der Waals surface area contributed by atoms with Gasteiger partial charge in [-0.1, -0.05) is 18.2 Å². The molecule has 1 fully saturated rings. The molecule has 1 aliphatic heterocycles. The molecule has 0 spiro atoms. The number of H-pyrrole nitrogens is 1. The molecule has 0 unspecified atom stereocenters. The number of amides is 3. The van der Waals surface area contributed by atoms with Crippen LogP contribution in [-0.4, -0.2) is 75.3 Å². The van der Waals surface area contributed by atoms with E-state index in [1.807, 2.05) is 19.9 Å². The van der Waals surface area contributed by atoms with Crippen molar-refractivity contribution in [3.63, 3.8) is 0 Å². The summed E-state index contributed by atoms with van der Waals surface area (Å²) in [6.07, 6.45) is 1.66. The van der Waals surface area contributed by atoms with Crippen LogP contribution in [0.15, 0.2) is 53.3 Å². The smallest absolute Gasteiger partial charge is 0.267 e. The highest BCUT2D eigenvalue weighted by Gasteiger charge is 2.42. The molecule has 1 saturated heterocycles. The van der Waals surface area contributed by atoms with Crippen molar-refractivity contribution >= 4 is 17.7 Å². The van der Waals surface area contributed by atoms with Gasteiger partial charge in [-0.25, -0.2) is 9.49 Å². The first kappa shape index (κ1) is 30.6. The van der Waals surface area contributed by atoms with E-state index in [-0.39, 0.29) is 53.8 Å². The van der Waals surface area contributed by atoms with Crippen molar-refractivity contribution in [1.82, 2.24) is 24.9 Å². The van der Waals surface area contributed by atoms with Crippen LogP contribution in [0.5, 0.6) is 0 Å². The first-order chi connectivity index (χ1) is 19.9. The number of aromatic nitrogens is 2. The van der Waals surface area contributed by atoms with Crippen molar-refractivity contribution in [1.29, 1.82) is 0 Å². The van der Waals surface area contributed by atoms with Crippen LogP contribution in [0, 0.1) is 19.7 Å². The summed E-state index contributed by atoms with van der Waals surface area (Å²) in [6, 6.07) is 12.3. The standard InChI is InChI=1S/C32H38FN5O4/c1-19-14-25(11-10-23(19)16-26-15-20(2)34-35-31(26)41)32(42)36(5)18-30(40)38-28(21(3)37(6)22(4)39)12-13-29(38)24-8-7-9-27(33)17-24/h7-11,14-15,17,21,28-29H,12-13,16,18H2,1-6H3,(H,35,41)/t21-,28+,29-/m0/s1. The second-order valence-corrected chi connectivity index (χ2v) is 11.2. The number of likely N-dealkylation sites (tertiary alicyclic amines) is 1. The second kappa shape index (κ2) is 12.7. The molecule has 9 nitrogen and oxygen atoms in total. The molecular weight excluding hydrogens is 537 g/mol. The molecule has 1 aromatic heterocycles. The molecule has 2 aromatic carbocycles. The Morgan fingerprint density at radius 3 is 2.48 bits per heavy atom. The van der Waals surface area contributed by atoms with E-state index in [0.29, 0.717) is 41.6 Å². The minimum atomic E-state index is -0.382. The van der Waals surface area contributed by atoms with Crippen LogP contribution in [0.1, 0.15) is 71.0 Å². The van der Waals surface area contributed by atoms with Gasteiger partial charge in [0, 0.05) is 44.6 Å². The van der Waals surface area contributed by atoms with Crippen LogP contribution in [0.4, 0.5) is 4.39 Å². The highest BCUT2D eigenvalue weighted by molar-refractivity contribution is 5.96. The predicted molar refractivity (Wildman–Crippen MR) is 157 cm³/mol. The van der Waals surface area contributed by atoms with Crippen LogP contribution in [0.3, 0.4) is 0 Å². The average Bonchev–Trinajstić information content (AvgIpc) is 3.40. The monoisotopic (exact) mass is 575 g/mol. The summed E-state index contributed by atoms with van der Waals surface area (Å²) in [6.45, 7) is 6.89. The zero-order chi connectivity index (χ0) is 30.7. The molecule has 2 heterocycles. The topological polar surface area (TPSA) is 107 Å². The molecule has 0 aliphatic carbocycles. The zero-order valence-corrected chi connectivity index (χ0v) is 25.0. The number of hydrogen-bond donors (Lipinski definition) is 1. The van der Waals surface area contributed by atoms with Gasteiger partial charge in [0.1, 0.15) is 5.82 Å². The summed E-state index contributed by atoms with van der Waals surface area (Å²) >= 11 is 0. The molecule has 1 N–H and O–H groups in total. The Morgan fingerprint density at radius 1 is 1.07 bits per heavy atom. The molecule has 1 aliphatic rings. The Labute approximate surface area is 245 Å². The first-order valence-electron chi connectivity index (χ1n) is 14.1. The number of hydrogen-bond acceptors (Lipinski definition) is 5. The minimum absolute atomic E-state index is 0.112. The van der Waals surface area contributed by atoms with E-state index in [0.717, 1.165) is 11.1 Å². The Balaban J connectivity index is 1.54. The highest BCUT2D eigenvalue weighted by Crippen LogP contribution is 2.38. The quantitative estimate of drug-likeness (QED) is 0.440. The normalized spacial score (nSPS) is 17.2. The summed E-state index contributed by atoms with van der Waals surface area (Å²) in [4.78, 5) is 56.3. The molecule has 222 valence electrons. The van der Waals surface area contributed by atoms with Crippen molar-refractivity contribution in [2.75, 3.05) is 20.6 Å². The van der Waals surface area contributed by atoms with Crippen molar-refractivity contribution in [2.45, 2.75) is 65.1 Å². The van der Waals surface area contributed by atoms with E-state index in [9.17, 15) is 23.6 Å². The van der Waals surface area contributed by atoms with Gasteiger partial charge in [-0.3, -0.25) is 19.2 Å². The lowest BCUT2D eigenvalue weighted by Crippen LogP contribution is -2.52. The van der Waals surface area contributed by atoms with Gasteiger partial charge in [-0.2, -0.15) is 5.10 Å². The number of halogens is 1. The molecule has 3 amide bonds. The second-order valence-electron chi connectivity index (χ2n) is 11.2. The van der Waals surface area contributed by atoms with Crippen molar-refractivity contribution in [3.8, 4) is 0 Å². The Kier molecular flexibility index (Phi) is 9.23. The van der Waals surface area contributed by atoms with Gasteiger partial charge in [0.05, 0.1) is 24.3 Å². The Bertz CT molecular complexity index is 1550. The fourth-order valence-electron chi connectivity index (χ4n) is 5.76. The molecular formula is C32H38FN5O4. The maximum Gasteiger partial charge on any atom is 0.267 e. The van der Waals surface area contributed by atoms with Gasteiger partial charge >= 0.3 is 0 Å². The van der Waals surface area contributed by atoms with E-state index in [1.54, 1.807) is 61.2 Å². The van der Waals surface area contributed by atoms with Crippen molar-refractivity contribution in [3.05, 3.63) is 98.2 Å². The molecule has 4 rings (SSSR count). The largest absolute Gasteiger partial charge is 0.341 e. The summed E-state index contributed by atoms with van der Waals surface area (Å²) in [7, 11) is 3.29. The molecule has 0 radical (unpaired) electrons.